The molecule has 2 aliphatic rings. The van der Waals surface area contributed by atoms with Crippen molar-refractivity contribution in [1.29, 1.82) is 0 Å². The maximum absolute atomic E-state index is 11.9. The van der Waals surface area contributed by atoms with E-state index < -0.39 is 60.1 Å². The topological polar surface area (TPSA) is 286 Å². The van der Waals surface area contributed by atoms with Gasteiger partial charge in [0, 0.05) is 44.3 Å². The van der Waals surface area contributed by atoms with Crippen molar-refractivity contribution in [2.24, 2.45) is 0 Å². The van der Waals surface area contributed by atoms with E-state index >= 15 is 0 Å². The number of H-pyrrole nitrogens is 2. The molecule has 7 aromatic rings. The van der Waals surface area contributed by atoms with Gasteiger partial charge >= 0.3 is 23.9 Å². The maximum Gasteiger partial charge on any atom is 4.00 e. The Hall–Kier alpha value is -5.50. The van der Waals surface area contributed by atoms with Crippen molar-refractivity contribution in [2.75, 3.05) is 0 Å². The third kappa shape index (κ3) is 10.2. The number of nitrogens with zero attached hydrogens (tertiary/aromatic N) is 2. The first kappa shape index (κ1) is 50.9. The number of hydrogen-bond acceptors (Lipinski definition) is 14. The molecule has 0 atom stereocenters. The molecule has 0 spiro atoms. The minimum Gasteiger partial charge on any atom is -0.744 e. The van der Waals surface area contributed by atoms with Gasteiger partial charge in [-0.3, -0.25) is 0 Å². The summed E-state index contributed by atoms with van der Waals surface area (Å²) >= 11 is 0. The monoisotopic (exact) mass is 1120 g/mol. The molecule has 16 nitrogen and oxygen atoms in total. The summed E-state index contributed by atoms with van der Waals surface area (Å²) in [7, 11) is -19.2. The first-order chi connectivity index (χ1) is 30.2. The Morgan fingerprint density at radius 2 is 0.493 bits per heavy atom. The molecular formula is C44H28Cl2N4O12S4Sn. The van der Waals surface area contributed by atoms with Crippen molar-refractivity contribution in [3.63, 3.8) is 0 Å². The number of nitrogens with one attached hydrogen (secondary N) is 2. The SMILES string of the molecule is Cl.Cl.O=S(=O)([O-])c1ccc(-c2c3nc(c(-c4ccc(S(=O)(=O)[O-])cc4)c4ccc([nH]4)c(-c4ccc(S(=O)(=O)[O-])cc4)c4nc(c(-c5ccc(S(=O)(=O)[O-])cc5)c5ccc2[nH]5)C=C4)C=C3)cc1.[Sn+4]. The molecule has 0 saturated heterocycles. The van der Waals surface area contributed by atoms with E-state index in [0.717, 1.165) is 0 Å². The summed E-state index contributed by atoms with van der Waals surface area (Å²) in [5.41, 5.74) is 6.76. The van der Waals surface area contributed by atoms with Gasteiger partial charge in [0.1, 0.15) is 40.5 Å². The molecule has 338 valence electrons. The summed E-state index contributed by atoms with van der Waals surface area (Å²) in [6, 6.07) is 27.8. The molecule has 0 saturated carbocycles. The zero-order valence-electron chi connectivity index (χ0n) is 33.6. The summed E-state index contributed by atoms with van der Waals surface area (Å²) in [4.78, 5) is 15.0. The third-order valence-electron chi connectivity index (χ3n) is 10.5. The van der Waals surface area contributed by atoms with Crippen LogP contribution in [0.5, 0.6) is 0 Å². The van der Waals surface area contributed by atoms with Crippen LogP contribution in [-0.4, -0.2) is 95.7 Å². The van der Waals surface area contributed by atoms with Crippen LogP contribution < -0.4 is 0 Å². The van der Waals surface area contributed by atoms with Crippen molar-refractivity contribution >= 4 is 136 Å². The fourth-order valence-electron chi connectivity index (χ4n) is 7.57. The van der Waals surface area contributed by atoms with Crippen molar-refractivity contribution in [2.45, 2.75) is 19.6 Å². The van der Waals surface area contributed by atoms with Crippen molar-refractivity contribution in [1.82, 2.24) is 19.9 Å². The van der Waals surface area contributed by atoms with Crippen LogP contribution in [-0.2, 0) is 40.5 Å². The minimum atomic E-state index is -4.81. The van der Waals surface area contributed by atoms with E-state index in [9.17, 15) is 51.9 Å². The average molecular weight is 1120 g/mol. The Labute approximate surface area is 412 Å². The Kier molecular flexibility index (Phi) is 14.3. The number of aromatic amines is 2. The predicted molar refractivity (Wildman–Crippen MR) is 253 cm³/mol. The second-order valence-electron chi connectivity index (χ2n) is 14.4. The van der Waals surface area contributed by atoms with Crippen molar-refractivity contribution in [3.05, 3.63) is 144 Å². The number of halogens is 2. The molecule has 5 heterocycles. The second-order valence-corrected chi connectivity index (χ2v) is 19.9. The molecule has 23 heteroatoms. The average Bonchev–Trinajstić information content (AvgIpc) is 4.08. The van der Waals surface area contributed by atoms with Crippen LogP contribution in [0.4, 0.5) is 0 Å². The zero-order valence-corrected chi connectivity index (χ0v) is 41.4. The van der Waals surface area contributed by atoms with Crippen LogP contribution in [0.25, 0.3) is 90.9 Å². The van der Waals surface area contributed by atoms with E-state index in [1.807, 2.05) is 0 Å². The third-order valence-corrected chi connectivity index (χ3v) is 13.9. The number of fused-ring (bicyclic) bond motifs is 8. The van der Waals surface area contributed by atoms with Gasteiger partial charge in [0.15, 0.2) is 0 Å². The van der Waals surface area contributed by atoms with E-state index in [1.165, 1.54) is 97.1 Å². The summed E-state index contributed by atoms with van der Waals surface area (Å²) in [6.45, 7) is 0. The zero-order chi connectivity index (χ0) is 45.3. The normalized spacial score (nSPS) is 12.5. The van der Waals surface area contributed by atoms with Gasteiger partial charge in [0.2, 0.25) is 0 Å². The fourth-order valence-corrected chi connectivity index (χ4v) is 9.45. The van der Waals surface area contributed by atoms with Gasteiger partial charge in [-0.05, 0) is 119 Å². The standard InChI is InChI=1S/C44H30N4O12S4.2ClH.Sn/c49-61(50,51)29-9-1-25(2-10-29)41-33-17-19-35(45-33)42(26-3-11-30(12-4-26)62(52,53)54)37-21-23-39(47-37)44(28-7-15-32(16-8-28)64(58,59)60)40-24-22-38(48-40)43(36-20-18-34(41)46-36)27-5-13-31(14-6-27)63(55,56)57;;;/h1-24,45,48H,(H,49,50,51)(H,52,53,54)(H,55,56,57)(H,58,59,60);2*1H;/q;;;+4/p-4. The molecule has 2 aliphatic heterocycles. The smallest absolute Gasteiger partial charge is 0.744 e. The molecule has 0 fully saturated rings. The molecule has 9 rings (SSSR count). The summed E-state index contributed by atoms with van der Waals surface area (Å²) in [5.74, 6) is 0. The van der Waals surface area contributed by atoms with Gasteiger partial charge in [-0.15, -0.1) is 24.8 Å². The number of hydrogen-bond donors (Lipinski definition) is 2. The first-order valence-corrected chi connectivity index (χ1v) is 24.3. The minimum absolute atomic E-state index is 0. The molecule has 0 radical (unpaired) electrons. The molecule has 2 N–H and O–H groups in total. The van der Waals surface area contributed by atoms with E-state index in [2.05, 4.69) is 9.97 Å². The second kappa shape index (κ2) is 18.9. The largest absolute Gasteiger partial charge is 4.00 e. The fraction of sp³-hybridized carbons (Fsp3) is 0. The van der Waals surface area contributed by atoms with Gasteiger partial charge in [-0.1, -0.05) is 48.5 Å². The maximum atomic E-state index is 11.9. The Bertz CT molecular complexity index is 3320. The van der Waals surface area contributed by atoms with Gasteiger partial charge in [-0.25, -0.2) is 43.6 Å². The van der Waals surface area contributed by atoms with Crippen molar-refractivity contribution in [3.8, 4) is 44.5 Å². The van der Waals surface area contributed by atoms with E-state index in [4.69, 9.17) is 9.97 Å². The Morgan fingerprint density at radius 3 is 0.657 bits per heavy atom. The number of rotatable bonds is 8. The van der Waals surface area contributed by atoms with Crippen LogP contribution in [0.3, 0.4) is 0 Å². The molecule has 67 heavy (non-hydrogen) atoms. The van der Waals surface area contributed by atoms with Crippen LogP contribution >= 0.6 is 24.8 Å². The summed E-state index contributed by atoms with van der Waals surface area (Å²) < 4.78 is 143. The molecule has 8 bridgehead atoms. The van der Waals surface area contributed by atoms with Crippen LogP contribution in [0.15, 0.2) is 141 Å². The molecular weight excluding hydrogens is 1090 g/mol. The van der Waals surface area contributed by atoms with E-state index in [1.54, 1.807) is 48.6 Å². The molecule has 4 aromatic carbocycles. The van der Waals surface area contributed by atoms with Crippen molar-refractivity contribution < 1.29 is 51.9 Å². The summed E-state index contributed by atoms with van der Waals surface area (Å²) in [5, 5.41) is 0. The number of benzene rings is 4. The van der Waals surface area contributed by atoms with Crippen LogP contribution in [0.1, 0.15) is 22.8 Å². The quantitative estimate of drug-likeness (QED) is 0.111. The predicted octanol–water partition coefficient (Wildman–Crippen LogP) is 7.40. The first-order valence-electron chi connectivity index (χ1n) is 18.6. The van der Waals surface area contributed by atoms with Gasteiger partial charge < -0.3 is 28.2 Å². The molecule has 0 aliphatic carbocycles. The molecule has 3 aromatic heterocycles. The van der Waals surface area contributed by atoms with Crippen LogP contribution in [0, 0.1) is 0 Å². The Balaban J connectivity index is 0.00000247. The van der Waals surface area contributed by atoms with E-state index in [-0.39, 0.29) is 48.7 Å². The van der Waals surface area contributed by atoms with Crippen LogP contribution in [0.2, 0.25) is 0 Å². The summed E-state index contributed by atoms with van der Waals surface area (Å²) in [6.07, 6.45) is 6.79. The van der Waals surface area contributed by atoms with Gasteiger partial charge in [0.05, 0.1) is 42.4 Å². The van der Waals surface area contributed by atoms with Gasteiger partial charge in [-0.2, -0.15) is 0 Å². The molecule has 0 unspecified atom stereocenters. The van der Waals surface area contributed by atoms with E-state index in [0.29, 0.717) is 89.4 Å². The Morgan fingerprint density at radius 1 is 0.313 bits per heavy atom. The number of aromatic nitrogens is 4. The molecule has 0 amide bonds. The van der Waals surface area contributed by atoms with Gasteiger partial charge in [0.25, 0.3) is 0 Å².